The molecule has 0 saturated carbocycles. The minimum absolute atomic E-state index is 0.000378. The highest BCUT2D eigenvalue weighted by molar-refractivity contribution is 5.43. The van der Waals surface area contributed by atoms with E-state index in [1.807, 2.05) is 6.07 Å². The van der Waals surface area contributed by atoms with Crippen molar-refractivity contribution < 1.29 is 29.5 Å². The number of ether oxygens (including phenoxy) is 3. The topological polar surface area (TPSA) is 88.4 Å². The second-order valence-corrected chi connectivity index (χ2v) is 6.55. The molecule has 0 spiro atoms. The minimum atomic E-state index is -0.758. The molecule has 6 nitrogen and oxygen atoms in total. The van der Waals surface area contributed by atoms with Crippen LogP contribution in [0.5, 0.6) is 23.0 Å². The Balaban J connectivity index is 1.75. The number of aliphatic hydroxyl groups excluding tert-OH is 1. The third kappa shape index (κ3) is 3.71. The maximum absolute atomic E-state index is 10.8. The molecule has 2 aromatic rings. The highest BCUT2D eigenvalue weighted by atomic mass is 16.5. The summed E-state index contributed by atoms with van der Waals surface area (Å²) in [5.41, 5.74) is 1.58. The number of hydrogen-bond donors (Lipinski definition) is 3. The molecule has 1 aliphatic rings. The van der Waals surface area contributed by atoms with Gasteiger partial charge in [0.25, 0.3) is 0 Å². The SMILES string of the molecule is COc1ccc(CC2COCC2[C@@H](O)c2ccc(OC)c(O)c2)cc1O. The molecule has 26 heavy (non-hydrogen) atoms. The van der Waals surface area contributed by atoms with E-state index < -0.39 is 6.10 Å². The van der Waals surface area contributed by atoms with Gasteiger partial charge in [0.2, 0.25) is 0 Å². The van der Waals surface area contributed by atoms with Gasteiger partial charge in [0.05, 0.1) is 33.5 Å². The average molecular weight is 360 g/mol. The lowest BCUT2D eigenvalue weighted by Crippen LogP contribution is -2.22. The first kappa shape index (κ1) is 18.4. The third-order valence-corrected chi connectivity index (χ3v) is 4.94. The second kappa shape index (κ2) is 7.85. The van der Waals surface area contributed by atoms with Crippen LogP contribution < -0.4 is 9.47 Å². The maximum Gasteiger partial charge on any atom is 0.160 e. The lowest BCUT2D eigenvalue weighted by molar-refractivity contribution is 0.0809. The first-order valence-electron chi connectivity index (χ1n) is 8.52. The van der Waals surface area contributed by atoms with Crippen LogP contribution in [0.25, 0.3) is 0 Å². The fraction of sp³-hybridized carbons (Fsp3) is 0.400. The predicted molar refractivity (Wildman–Crippen MR) is 95.8 cm³/mol. The zero-order valence-corrected chi connectivity index (χ0v) is 14.9. The van der Waals surface area contributed by atoms with Crippen LogP contribution in [0.3, 0.4) is 0 Å². The van der Waals surface area contributed by atoms with E-state index in [9.17, 15) is 15.3 Å². The van der Waals surface area contributed by atoms with Gasteiger partial charge in [-0.2, -0.15) is 0 Å². The van der Waals surface area contributed by atoms with Crippen LogP contribution in [0.15, 0.2) is 36.4 Å². The van der Waals surface area contributed by atoms with Gasteiger partial charge in [-0.15, -0.1) is 0 Å². The number of hydrogen-bond acceptors (Lipinski definition) is 6. The summed E-state index contributed by atoms with van der Waals surface area (Å²) in [6, 6.07) is 10.2. The molecule has 3 atom stereocenters. The van der Waals surface area contributed by atoms with Crippen LogP contribution in [0.4, 0.5) is 0 Å². The largest absolute Gasteiger partial charge is 0.504 e. The molecule has 3 rings (SSSR count). The summed E-state index contributed by atoms with van der Waals surface area (Å²) in [5, 5.41) is 30.7. The van der Waals surface area contributed by atoms with E-state index in [0.29, 0.717) is 36.7 Å². The van der Waals surface area contributed by atoms with Crippen LogP contribution in [0.1, 0.15) is 17.2 Å². The first-order chi connectivity index (χ1) is 12.5. The van der Waals surface area contributed by atoms with Crippen molar-refractivity contribution in [2.24, 2.45) is 11.8 Å². The lowest BCUT2D eigenvalue weighted by Gasteiger charge is -2.24. The van der Waals surface area contributed by atoms with Crippen molar-refractivity contribution in [1.82, 2.24) is 0 Å². The van der Waals surface area contributed by atoms with E-state index in [1.54, 1.807) is 24.3 Å². The molecule has 0 bridgehead atoms. The summed E-state index contributed by atoms with van der Waals surface area (Å²) >= 11 is 0. The number of phenols is 2. The molecule has 1 fully saturated rings. The van der Waals surface area contributed by atoms with Gasteiger partial charge in [0.1, 0.15) is 0 Å². The van der Waals surface area contributed by atoms with Gasteiger partial charge in [0, 0.05) is 5.92 Å². The molecular weight excluding hydrogens is 336 g/mol. The number of rotatable bonds is 6. The summed E-state index contributed by atoms with van der Waals surface area (Å²) in [6.45, 7) is 0.984. The van der Waals surface area contributed by atoms with Crippen LogP contribution in [0, 0.1) is 11.8 Å². The number of phenolic OH excluding ortho intramolecular Hbond substituents is 2. The molecule has 0 amide bonds. The van der Waals surface area contributed by atoms with Crippen LogP contribution >= 0.6 is 0 Å². The first-order valence-corrected chi connectivity index (χ1v) is 8.52. The van der Waals surface area contributed by atoms with Gasteiger partial charge < -0.3 is 29.5 Å². The Bertz CT molecular complexity index is 760. The molecule has 2 aromatic carbocycles. The summed E-state index contributed by atoms with van der Waals surface area (Å²) < 4.78 is 15.7. The van der Waals surface area contributed by atoms with Crippen molar-refractivity contribution in [2.75, 3.05) is 27.4 Å². The third-order valence-electron chi connectivity index (χ3n) is 4.94. The number of benzene rings is 2. The fourth-order valence-electron chi connectivity index (χ4n) is 3.48. The van der Waals surface area contributed by atoms with Crippen molar-refractivity contribution in [3.8, 4) is 23.0 Å². The Hall–Kier alpha value is -2.44. The lowest BCUT2D eigenvalue weighted by atomic mass is 9.83. The van der Waals surface area contributed by atoms with Gasteiger partial charge in [-0.1, -0.05) is 12.1 Å². The highest BCUT2D eigenvalue weighted by Gasteiger charge is 2.35. The minimum Gasteiger partial charge on any atom is -0.504 e. The molecular formula is C20H24O6. The summed E-state index contributed by atoms with van der Waals surface area (Å²) in [4.78, 5) is 0. The van der Waals surface area contributed by atoms with E-state index in [4.69, 9.17) is 14.2 Å². The van der Waals surface area contributed by atoms with Crippen LogP contribution in [-0.4, -0.2) is 42.8 Å². The molecule has 140 valence electrons. The zero-order chi connectivity index (χ0) is 18.7. The zero-order valence-electron chi connectivity index (χ0n) is 14.9. The van der Waals surface area contributed by atoms with Gasteiger partial charge in [-0.05, 0) is 47.7 Å². The predicted octanol–water partition coefficient (Wildman–Crippen LogP) is 2.65. The van der Waals surface area contributed by atoms with Gasteiger partial charge in [-0.3, -0.25) is 0 Å². The van der Waals surface area contributed by atoms with E-state index >= 15 is 0 Å². The molecule has 0 aromatic heterocycles. The molecule has 1 saturated heterocycles. The van der Waals surface area contributed by atoms with Crippen molar-refractivity contribution in [3.05, 3.63) is 47.5 Å². The standard InChI is InChI=1S/C20H24O6/c1-24-18-5-3-12(8-16(18)21)7-14-10-26-11-15(14)20(23)13-4-6-19(25-2)17(22)9-13/h3-6,8-9,14-15,20-23H,7,10-11H2,1-2H3/t14?,15?,20-/m0/s1. The number of aromatic hydroxyl groups is 2. The summed E-state index contributed by atoms with van der Waals surface area (Å²) in [7, 11) is 2.99. The Labute approximate surface area is 152 Å². The Kier molecular flexibility index (Phi) is 5.54. The quantitative estimate of drug-likeness (QED) is 0.734. The van der Waals surface area contributed by atoms with E-state index in [0.717, 1.165) is 5.56 Å². The van der Waals surface area contributed by atoms with Crippen molar-refractivity contribution >= 4 is 0 Å². The van der Waals surface area contributed by atoms with Crippen molar-refractivity contribution in [2.45, 2.75) is 12.5 Å². The second-order valence-electron chi connectivity index (χ2n) is 6.55. The smallest absolute Gasteiger partial charge is 0.160 e. The van der Waals surface area contributed by atoms with Gasteiger partial charge in [-0.25, -0.2) is 0 Å². The molecule has 1 heterocycles. The fourth-order valence-corrected chi connectivity index (χ4v) is 3.48. The number of methoxy groups -OCH3 is 2. The van der Waals surface area contributed by atoms with E-state index in [-0.39, 0.29) is 23.3 Å². The van der Waals surface area contributed by atoms with Crippen LogP contribution in [-0.2, 0) is 11.2 Å². The molecule has 1 aliphatic heterocycles. The van der Waals surface area contributed by atoms with Crippen molar-refractivity contribution in [3.63, 3.8) is 0 Å². The van der Waals surface area contributed by atoms with E-state index in [2.05, 4.69) is 0 Å². The maximum atomic E-state index is 10.8. The molecule has 0 aliphatic carbocycles. The Morgan fingerprint density at radius 3 is 2.27 bits per heavy atom. The number of aliphatic hydroxyl groups is 1. The van der Waals surface area contributed by atoms with Gasteiger partial charge >= 0.3 is 0 Å². The Morgan fingerprint density at radius 2 is 1.65 bits per heavy atom. The van der Waals surface area contributed by atoms with Gasteiger partial charge in [0.15, 0.2) is 23.0 Å². The van der Waals surface area contributed by atoms with Crippen LogP contribution in [0.2, 0.25) is 0 Å². The normalized spacial score (nSPS) is 20.7. The Morgan fingerprint density at radius 1 is 1.00 bits per heavy atom. The summed E-state index contributed by atoms with van der Waals surface area (Å²) in [6.07, 6.45) is -0.0901. The molecule has 2 unspecified atom stereocenters. The highest BCUT2D eigenvalue weighted by Crippen LogP contribution is 2.38. The molecule has 6 heteroatoms. The average Bonchev–Trinajstić information content (AvgIpc) is 3.09. The van der Waals surface area contributed by atoms with Crippen molar-refractivity contribution in [1.29, 1.82) is 0 Å². The molecule has 3 N–H and O–H groups in total. The summed E-state index contributed by atoms with van der Waals surface area (Å²) in [5.74, 6) is 0.894. The monoisotopic (exact) mass is 360 g/mol. The molecule has 0 radical (unpaired) electrons. The van der Waals surface area contributed by atoms with E-state index in [1.165, 1.54) is 20.3 Å².